The molecule has 0 radical (unpaired) electrons. The van der Waals surface area contributed by atoms with Crippen LogP contribution in [0.15, 0.2) is 30.3 Å². The zero-order valence-corrected chi connectivity index (χ0v) is 12.9. The molecule has 7 heteroatoms. The van der Waals surface area contributed by atoms with Gasteiger partial charge in [0.2, 0.25) is 0 Å². The summed E-state index contributed by atoms with van der Waals surface area (Å²) in [6.45, 7) is 0. The number of esters is 2. The number of phenolic OH excluding ortho intramolecular Hbond substituents is 2. The van der Waals surface area contributed by atoms with E-state index >= 15 is 0 Å². The van der Waals surface area contributed by atoms with Crippen LogP contribution in [0.4, 0.5) is 0 Å². The van der Waals surface area contributed by atoms with E-state index in [4.69, 9.17) is 4.74 Å². The molecule has 2 aromatic carbocycles. The first-order valence-corrected chi connectivity index (χ1v) is 6.93. The molecular weight excluding hydrogens is 314 g/mol. The zero-order chi connectivity index (χ0) is 17.4. The molecular formula is C17H13NO6. The number of aromatic nitrogens is 1. The Morgan fingerprint density at radius 2 is 1.58 bits per heavy atom. The molecule has 0 saturated carbocycles. The molecule has 0 aliphatic rings. The van der Waals surface area contributed by atoms with Gasteiger partial charge in [0.25, 0.3) is 0 Å². The van der Waals surface area contributed by atoms with Crippen LogP contribution in [0.1, 0.15) is 20.8 Å². The molecule has 0 saturated heterocycles. The van der Waals surface area contributed by atoms with Gasteiger partial charge in [0.05, 0.1) is 19.8 Å². The van der Waals surface area contributed by atoms with E-state index < -0.39 is 17.7 Å². The van der Waals surface area contributed by atoms with Crippen molar-refractivity contribution in [1.29, 1.82) is 0 Å². The third kappa shape index (κ3) is 2.18. The normalized spacial score (nSPS) is 10.8. The molecule has 0 unspecified atom stereocenters. The number of carbonyl (C=O) groups is 2. The third-order valence-electron chi connectivity index (χ3n) is 3.72. The number of fused-ring (bicyclic) bond motifs is 3. The molecule has 0 bridgehead atoms. The summed E-state index contributed by atoms with van der Waals surface area (Å²) in [5, 5.41) is 21.6. The number of aromatic hydroxyl groups is 2. The second-order valence-corrected chi connectivity index (χ2v) is 5.00. The SMILES string of the molecule is COC(=O)c1cc(C(=O)OC)c2c(n1)c(O)c(O)c1ccccc12. The van der Waals surface area contributed by atoms with Gasteiger partial charge in [-0.1, -0.05) is 24.3 Å². The number of rotatable bonds is 2. The fourth-order valence-electron chi connectivity index (χ4n) is 2.62. The summed E-state index contributed by atoms with van der Waals surface area (Å²) in [4.78, 5) is 28.0. The molecule has 3 aromatic rings. The summed E-state index contributed by atoms with van der Waals surface area (Å²) < 4.78 is 9.38. The van der Waals surface area contributed by atoms with Crippen LogP contribution in [-0.4, -0.2) is 41.4 Å². The van der Waals surface area contributed by atoms with Gasteiger partial charge in [0.1, 0.15) is 11.2 Å². The Labute approximate surface area is 136 Å². The summed E-state index contributed by atoms with van der Waals surface area (Å²) in [6, 6.07) is 7.90. The number of methoxy groups -OCH3 is 2. The highest BCUT2D eigenvalue weighted by Crippen LogP contribution is 2.42. The first kappa shape index (κ1) is 15.5. The Balaban J connectivity index is 2.57. The Morgan fingerprint density at radius 3 is 2.21 bits per heavy atom. The van der Waals surface area contributed by atoms with E-state index in [9.17, 15) is 19.8 Å². The highest BCUT2D eigenvalue weighted by Gasteiger charge is 2.23. The van der Waals surface area contributed by atoms with Crippen molar-refractivity contribution in [2.75, 3.05) is 14.2 Å². The van der Waals surface area contributed by atoms with Gasteiger partial charge >= 0.3 is 11.9 Å². The van der Waals surface area contributed by atoms with E-state index in [0.29, 0.717) is 10.8 Å². The zero-order valence-electron chi connectivity index (χ0n) is 12.9. The van der Waals surface area contributed by atoms with Crippen molar-refractivity contribution >= 4 is 33.6 Å². The highest BCUT2D eigenvalue weighted by atomic mass is 16.5. The van der Waals surface area contributed by atoms with Crippen LogP contribution in [0.5, 0.6) is 11.5 Å². The standard InChI is InChI=1S/C17H13NO6/c1-23-16(21)10-7-11(17(22)24-2)18-13-12(10)8-5-3-4-6-9(8)14(19)15(13)20/h3-7,19-20H,1-2H3. The minimum Gasteiger partial charge on any atom is -0.504 e. The van der Waals surface area contributed by atoms with Crippen LogP contribution < -0.4 is 0 Å². The average molecular weight is 327 g/mol. The molecule has 24 heavy (non-hydrogen) atoms. The lowest BCUT2D eigenvalue weighted by Gasteiger charge is -2.13. The van der Waals surface area contributed by atoms with Crippen LogP contribution in [0.3, 0.4) is 0 Å². The second-order valence-electron chi connectivity index (χ2n) is 5.00. The fraction of sp³-hybridized carbons (Fsp3) is 0.118. The van der Waals surface area contributed by atoms with E-state index in [1.165, 1.54) is 20.3 Å². The lowest BCUT2D eigenvalue weighted by atomic mass is 9.98. The first-order chi connectivity index (χ1) is 11.5. The van der Waals surface area contributed by atoms with Gasteiger partial charge in [-0.2, -0.15) is 0 Å². The maximum absolute atomic E-state index is 12.2. The molecule has 0 fully saturated rings. The van der Waals surface area contributed by atoms with E-state index in [2.05, 4.69) is 9.72 Å². The number of benzene rings is 2. The molecule has 0 amide bonds. The van der Waals surface area contributed by atoms with Crippen molar-refractivity contribution in [2.24, 2.45) is 0 Å². The molecule has 0 aliphatic carbocycles. The smallest absolute Gasteiger partial charge is 0.356 e. The van der Waals surface area contributed by atoms with Crippen molar-refractivity contribution in [1.82, 2.24) is 4.98 Å². The van der Waals surface area contributed by atoms with Gasteiger partial charge in [-0.05, 0) is 11.5 Å². The molecule has 7 nitrogen and oxygen atoms in total. The van der Waals surface area contributed by atoms with Crippen LogP contribution in [-0.2, 0) is 9.47 Å². The summed E-state index contributed by atoms with van der Waals surface area (Å²) in [6.07, 6.45) is 0. The number of carbonyl (C=O) groups excluding carboxylic acids is 2. The largest absolute Gasteiger partial charge is 0.504 e. The van der Waals surface area contributed by atoms with E-state index in [1.807, 2.05) is 0 Å². The third-order valence-corrected chi connectivity index (χ3v) is 3.72. The van der Waals surface area contributed by atoms with E-state index in [-0.39, 0.29) is 27.9 Å². The van der Waals surface area contributed by atoms with Gasteiger partial charge in [-0.25, -0.2) is 14.6 Å². The van der Waals surface area contributed by atoms with Crippen LogP contribution in [0, 0.1) is 0 Å². The number of phenols is 2. The Morgan fingerprint density at radius 1 is 0.958 bits per heavy atom. The van der Waals surface area contributed by atoms with E-state index in [0.717, 1.165) is 0 Å². The lowest BCUT2D eigenvalue weighted by Crippen LogP contribution is -2.10. The van der Waals surface area contributed by atoms with Gasteiger partial charge < -0.3 is 19.7 Å². The quantitative estimate of drug-likeness (QED) is 0.423. The van der Waals surface area contributed by atoms with Crippen molar-refractivity contribution in [3.8, 4) is 11.5 Å². The first-order valence-electron chi connectivity index (χ1n) is 6.93. The number of ether oxygens (including phenoxy) is 2. The van der Waals surface area contributed by atoms with Crippen LogP contribution >= 0.6 is 0 Å². The van der Waals surface area contributed by atoms with Crippen molar-refractivity contribution in [3.05, 3.63) is 41.6 Å². The summed E-state index contributed by atoms with van der Waals surface area (Å²) in [7, 11) is 2.37. The predicted octanol–water partition coefficient (Wildman–Crippen LogP) is 2.37. The Bertz CT molecular complexity index is 995. The second kappa shape index (κ2) is 5.69. The van der Waals surface area contributed by atoms with Gasteiger partial charge in [0, 0.05) is 10.8 Å². The Kier molecular flexibility index (Phi) is 3.69. The number of hydrogen-bond acceptors (Lipinski definition) is 7. The summed E-state index contributed by atoms with van der Waals surface area (Å²) in [5.41, 5.74) is -0.237. The number of hydrogen-bond donors (Lipinski definition) is 2. The van der Waals surface area contributed by atoms with E-state index in [1.54, 1.807) is 24.3 Å². The van der Waals surface area contributed by atoms with Crippen molar-refractivity contribution in [3.63, 3.8) is 0 Å². The molecule has 1 heterocycles. The highest BCUT2D eigenvalue weighted by molar-refractivity contribution is 6.20. The minimum absolute atomic E-state index is 0.0365. The summed E-state index contributed by atoms with van der Waals surface area (Å²) in [5.74, 6) is -2.40. The predicted molar refractivity (Wildman–Crippen MR) is 85.3 cm³/mol. The van der Waals surface area contributed by atoms with Crippen molar-refractivity contribution < 1.29 is 29.3 Å². The molecule has 122 valence electrons. The molecule has 1 aromatic heterocycles. The topological polar surface area (TPSA) is 106 Å². The van der Waals surface area contributed by atoms with Gasteiger partial charge in [-0.15, -0.1) is 0 Å². The van der Waals surface area contributed by atoms with Crippen LogP contribution in [0.25, 0.3) is 21.7 Å². The lowest BCUT2D eigenvalue weighted by molar-refractivity contribution is 0.0594. The van der Waals surface area contributed by atoms with Gasteiger partial charge in [-0.3, -0.25) is 0 Å². The molecule has 2 N–H and O–H groups in total. The Hall–Kier alpha value is -3.35. The van der Waals surface area contributed by atoms with Gasteiger partial charge in [0.15, 0.2) is 11.5 Å². The summed E-state index contributed by atoms with van der Waals surface area (Å²) >= 11 is 0. The minimum atomic E-state index is -0.783. The monoisotopic (exact) mass is 327 g/mol. The molecule has 0 aliphatic heterocycles. The molecule has 0 spiro atoms. The maximum atomic E-state index is 12.2. The van der Waals surface area contributed by atoms with Crippen LogP contribution in [0.2, 0.25) is 0 Å². The fourth-order valence-corrected chi connectivity index (χ4v) is 2.62. The maximum Gasteiger partial charge on any atom is 0.356 e. The number of pyridine rings is 1. The number of nitrogens with zero attached hydrogens (tertiary/aromatic N) is 1. The average Bonchev–Trinajstić information content (AvgIpc) is 2.63. The molecule has 3 rings (SSSR count). The molecule has 0 atom stereocenters. The van der Waals surface area contributed by atoms with Crippen molar-refractivity contribution in [2.45, 2.75) is 0 Å².